The second-order valence-corrected chi connectivity index (χ2v) is 14.5. The molecular formula is C54H35NO. The van der Waals surface area contributed by atoms with Gasteiger partial charge in [0.1, 0.15) is 11.2 Å². The van der Waals surface area contributed by atoms with Gasteiger partial charge < -0.3 is 9.32 Å². The number of anilines is 3. The van der Waals surface area contributed by atoms with Gasteiger partial charge in [0.05, 0.1) is 16.8 Å². The summed E-state index contributed by atoms with van der Waals surface area (Å²) in [5.74, 6) is 0. The average molecular weight is 714 g/mol. The Morgan fingerprint density at radius 1 is 0.304 bits per heavy atom. The highest BCUT2D eigenvalue weighted by Gasteiger charge is 2.22. The molecule has 0 fully saturated rings. The van der Waals surface area contributed by atoms with E-state index < -0.39 is 0 Å². The molecule has 1 aromatic heterocycles. The lowest BCUT2D eigenvalue weighted by Gasteiger charge is -2.29. The van der Waals surface area contributed by atoms with Crippen molar-refractivity contribution in [2.75, 3.05) is 4.90 Å². The van der Waals surface area contributed by atoms with Gasteiger partial charge in [-0.05, 0) is 103 Å². The van der Waals surface area contributed by atoms with Crippen molar-refractivity contribution in [2.45, 2.75) is 0 Å². The third kappa shape index (κ3) is 5.34. The van der Waals surface area contributed by atoms with Gasteiger partial charge in [0.2, 0.25) is 0 Å². The van der Waals surface area contributed by atoms with Crippen LogP contribution in [0.15, 0.2) is 217 Å². The molecule has 10 aromatic carbocycles. The Balaban J connectivity index is 1.06. The summed E-state index contributed by atoms with van der Waals surface area (Å²) in [6, 6.07) is 76.5. The molecule has 0 unspecified atom stereocenters. The van der Waals surface area contributed by atoms with E-state index in [2.05, 4.69) is 211 Å². The van der Waals surface area contributed by atoms with Gasteiger partial charge in [-0.2, -0.15) is 0 Å². The van der Waals surface area contributed by atoms with E-state index in [0.717, 1.165) is 44.6 Å². The van der Waals surface area contributed by atoms with Crippen LogP contribution in [-0.4, -0.2) is 0 Å². The Bertz CT molecular complexity index is 3250. The van der Waals surface area contributed by atoms with E-state index in [9.17, 15) is 0 Å². The lowest BCUT2D eigenvalue weighted by atomic mass is 9.93. The number of rotatable bonds is 6. The van der Waals surface area contributed by atoms with E-state index in [4.69, 9.17) is 4.42 Å². The summed E-state index contributed by atoms with van der Waals surface area (Å²) in [7, 11) is 0. The highest BCUT2D eigenvalue weighted by molar-refractivity contribution is 6.16. The second-order valence-electron chi connectivity index (χ2n) is 14.5. The Labute approximate surface area is 325 Å². The third-order valence-corrected chi connectivity index (χ3v) is 11.3. The van der Waals surface area contributed by atoms with Gasteiger partial charge in [-0.3, -0.25) is 0 Å². The smallest absolute Gasteiger partial charge is 0.137 e. The fraction of sp³-hybridized carbons (Fsp3) is 0. The number of nitrogens with zero attached hydrogens (tertiary/aromatic N) is 1. The molecule has 0 saturated carbocycles. The van der Waals surface area contributed by atoms with Crippen LogP contribution in [0.25, 0.3) is 87.6 Å². The van der Waals surface area contributed by atoms with Gasteiger partial charge in [0, 0.05) is 16.6 Å². The maximum atomic E-state index is 6.44. The van der Waals surface area contributed by atoms with Crippen LogP contribution in [-0.2, 0) is 0 Å². The largest absolute Gasteiger partial charge is 0.456 e. The fourth-order valence-corrected chi connectivity index (χ4v) is 8.55. The van der Waals surface area contributed by atoms with Crippen LogP contribution >= 0.6 is 0 Å². The molecule has 0 aliphatic rings. The Kier molecular flexibility index (Phi) is 7.53. The van der Waals surface area contributed by atoms with Crippen molar-refractivity contribution in [2.24, 2.45) is 0 Å². The van der Waals surface area contributed by atoms with Gasteiger partial charge in [0.15, 0.2) is 0 Å². The minimum Gasteiger partial charge on any atom is -0.456 e. The maximum absolute atomic E-state index is 6.44. The topological polar surface area (TPSA) is 16.4 Å². The van der Waals surface area contributed by atoms with E-state index in [1.807, 2.05) is 6.07 Å². The van der Waals surface area contributed by atoms with E-state index in [1.165, 1.54) is 60.1 Å². The summed E-state index contributed by atoms with van der Waals surface area (Å²) < 4.78 is 6.44. The minimum absolute atomic E-state index is 0.867. The molecule has 0 aliphatic carbocycles. The Morgan fingerprint density at radius 2 is 0.857 bits per heavy atom. The first-order chi connectivity index (χ1) is 27.8. The Hall–Kier alpha value is -7.42. The molecule has 0 spiro atoms. The summed E-state index contributed by atoms with van der Waals surface area (Å²) in [5.41, 5.74) is 12.1. The van der Waals surface area contributed by atoms with Crippen molar-refractivity contribution in [3.8, 4) is 33.4 Å². The van der Waals surface area contributed by atoms with E-state index >= 15 is 0 Å². The molecule has 1 heterocycles. The summed E-state index contributed by atoms with van der Waals surface area (Å²) in [6.07, 6.45) is 0. The quantitative estimate of drug-likeness (QED) is 0.160. The van der Waals surface area contributed by atoms with Crippen molar-refractivity contribution in [3.05, 3.63) is 212 Å². The standard InChI is InChI=1S/C54H35NO/c1-2-13-41-35-42(28-27-36(41)11-1)39-25-23-37(24-26-39)38-29-32-43(33-30-38)55(51-20-10-22-53-54(51)49-16-6-8-21-52(49)56-53)50-19-7-5-15-48(50)46-18-9-17-45-44-14-4-3-12-40(44)31-34-47(45)46/h1-35H. The molecular weight excluding hydrogens is 679 g/mol. The zero-order chi connectivity index (χ0) is 37.0. The zero-order valence-electron chi connectivity index (χ0n) is 30.6. The van der Waals surface area contributed by atoms with Crippen LogP contribution in [0.1, 0.15) is 0 Å². The van der Waals surface area contributed by atoms with Crippen molar-refractivity contribution in [1.29, 1.82) is 0 Å². The second kappa shape index (κ2) is 13.2. The number of hydrogen-bond donors (Lipinski definition) is 0. The summed E-state index contributed by atoms with van der Waals surface area (Å²) in [5, 5.41) is 9.69. The van der Waals surface area contributed by atoms with Gasteiger partial charge in [-0.25, -0.2) is 0 Å². The number of benzene rings is 10. The number of furan rings is 1. The highest BCUT2D eigenvalue weighted by atomic mass is 16.3. The van der Waals surface area contributed by atoms with Crippen molar-refractivity contribution in [1.82, 2.24) is 0 Å². The van der Waals surface area contributed by atoms with Crippen LogP contribution in [0.3, 0.4) is 0 Å². The molecule has 0 saturated heterocycles. The van der Waals surface area contributed by atoms with E-state index in [-0.39, 0.29) is 0 Å². The van der Waals surface area contributed by atoms with Crippen LogP contribution in [0, 0.1) is 0 Å². The van der Waals surface area contributed by atoms with E-state index in [1.54, 1.807) is 0 Å². The molecule has 0 atom stereocenters. The van der Waals surface area contributed by atoms with Crippen molar-refractivity contribution >= 4 is 71.3 Å². The van der Waals surface area contributed by atoms with Gasteiger partial charge in [-0.1, -0.05) is 170 Å². The number of para-hydroxylation sites is 2. The minimum atomic E-state index is 0.867. The summed E-state index contributed by atoms with van der Waals surface area (Å²) in [6.45, 7) is 0. The first-order valence-electron chi connectivity index (χ1n) is 19.2. The lowest BCUT2D eigenvalue weighted by Crippen LogP contribution is -2.11. The third-order valence-electron chi connectivity index (χ3n) is 11.3. The predicted molar refractivity (Wildman–Crippen MR) is 237 cm³/mol. The number of hydrogen-bond acceptors (Lipinski definition) is 2. The first-order valence-corrected chi connectivity index (χ1v) is 19.2. The normalized spacial score (nSPS) is 11.6. The van der Waals surface area contributed by atoms with Gasteiger partial charge in [-0.15, -0.1) is 0 Å². The Morgan fingerprint density at radius 3 is 1.70 bits per heavy atom. The zero-order valence-corrected chi connectivity index (χ0v) is 30.6. The molecule has 11 rings (SSSR count). The fourth-order valence-electron chi connectivity index (χ4n) is 8.55. The first kappa shape index (κ1) is 32.0. The van der Waals surface area contributed by atoms with Crippen LogP contribution in [0.2, 0.25) is 0 Å². The molecule has 2 heteroatoms. The van der Waals surface area contributed by atoms with Crippen LogP contribution < -0.4 is 4.90 Å². The SMILES string of the molecule is c1ccc(N(c2ccc(-c3ccc(-c4ccc5ccccc5c4)cc3)cc2)c2cccc3oc4ccccc4c23)c(-c2cccc3c2ccc2ccccc23)c1. The molecule has 0 aliphatic heterocycles. The van der Waals surface area contributed by atoms with Gasteiger partial charge >= 0.3 is 0 Å². The molecule has 262 valence electrons. The average Bonchev–Trinajstić information content (AvgIpc) is 3.66. The lowest BCUT2D eigenvalue weighted by molar-refractivity contribution is 0.669. The van der Waals surface area contributed by atoms with E-state index in [0.29, 0.717) is 0 Å². The highest BCUT2D eigenvalue weighted by Crippen LogP contribution is 2.47. The maximum Gasteiger partial charge on any atom is 0.137 e. The molecule has 0 bridgehead atoms. The van der Waals surface area contributed by atoms with Crippen LogP contribution in [0.5, 0.6) is 0 Å². The molecule has 56 heavy (non-hydrogen) atoms. The molecule has 11 aromatic rings. The van der Waals surface area contributed by atoms with Gasteiger partial charge in [0.25, 0.3) is 0 Å². The summed E-state index contributed by atoms with van der Waals surface area (Å²) in [4.78, 5) is 2.41. The predicted octanol–water partition coefficient (Wildman–Crippen LogP) is 15.5. The van der Waals surface area contributed by atoms with Crippen molar-refractivity contribution in [3.63, 3.8) is 0 Å². The molecule has 2 nitrogen and oxygen atoms in total. The summed E-state index contributed by atoms with van der Waals surface area (Å²) >= 11 is 0. The monoisotopic (exact) mass is 713 g/mol. The van der Waals surface area contributed by atoms with Crippen LogP contribution in [0.4, 0.5) is 17.1 Å². The van der Waals surface area contributed by atoms with Crippen molar-refractivity contribution < 1.29 is 4.42 Å². The molecule has 0 radical (unpaired) electrons. The molecule has 0 amide bonds. The number of fused-ring (bicyclic) bond motifs is 7. The molecule has 0 N–H and O–H groups in total.